The van der Waals surface area contributed by atoms with E-state index in [4.69, 9.17) is 11.6 Å². The molecule has 0 spiro atoms. The lowest BCUT2D eigenvalue weighted by Crippen LogP contribution is -2.30. The molecule has 3 aromatic rings. The highest BCUT2D eigenvalue weighted by Crippen LogP contribution is 2.30. The maximum Gasteiger partial charge on any atom is 0.355 e. The molecule has 0 unspecified atom stereocenters. The number of anilines is 3. The summed E-state index contributed by atoms with van der Waals surface area (Å²) in [4.78, 5) is 34.9. The molecule has 0 bridgehead atoms. The fourth-order valence-corrected chi connectivity index (χ4v) is 2.47. The highest BCUT2D eigenvalue weighted by Gasteiger charge is 2.24. The number of carbonyl (C=O) groups is 1. The van der Waals surface area contributed by atoms with Gasteiger partial charge in [-0.15, -0.1) is 0 Å². The van der Waals surface area contributed by atoms with E-state index in [0.29, 0.717) is 10.8 Å². The Morgan fingerprint density at radius 3 is 2.64 bits per heavy atom. The van der Waals surface area contributed by atoms with Gasteiger partial charge in [0, 0.05) is 16.8 Å². The molecule has 2 heterocycles. The maximum atomic E-state index is 12.2. The molecule has 1 aromatic carbocycles. The lowest BCUT2D eigenvalue weighted by Gasteiger charge is -2.11. The zero-order valence-corrected chi connectivity index (χ0v) is 15.3. The Labute approximate surface area is 164 Å². The first kappa shape index (κ1) is 19.0. The minimum Gasteiger partial charge on any atom is -0.319 e. The van der Waals surface area contributed by atoms with Crippen LogP contribution >= 0.6 is 11.6 Å². The van der Waals surface area contributed by atoms with Crippen LogP contribution in [-0.2, 0) is 0 Å². The minimum atomic E-state index is -0.661. The van der Waals surface area contributed by atoms with Crippen LogP contribution in [0.25, 0.3) is 0 Å². The molecule has 0 atom stereocenters. The summed E-state index contributed by atoms with van der Waals surface area (Å²) in [5, 5.41) is 14.7. The van der Waals surface area contributed by atoms with Crippen molar-refractivity contribution in [3.8, 4) is 0 Å². The molecule has 1 amide bonds. The average molecular weight is 400 g/mol. The Morgan fingerprint density at radius 1 is 1.14 bits per heavy atom. The summed E-state index contributed by atoms with van der Waals surface area (Å²) in [7, 11) is 0. The van der Waals surface area contributed by atoms with Crippen molar-refractivity contribution in [1.82, 2.24) is 20.4 Å². The molecule has 142 valence electrons. The highest BCUT2D eigenvalue weighted by atomic mass is 35.5. The van der Waals surface area contributed by atoms with Gasteiger partial charge in [-0.25, -0.2) is 15.0 Å². The second-order valence-corrected chi connectivity index (χ2v) is 6.05. The molecule has 10 nitrogen and oxygen atoms in total. The van der Waals surface area contributed by atoms with Crippen molar-refractivity contribution in [3.05, 3.63) is 75.2 Å². The number of nitrogens with zero attached hydrogens (tertiary/aromatic N) is 4. The molecule has 3 rings (SSSR count). The van der Waals surface area contributed by atoms with Gasteiger partial charge in [-0.2, -0.15) is 0 Å². The van der Waals surface area contributed by atoms with Gasteiger partial charge in [-0.05, 0) is 42.8 Å². The molecule has 0 radical (unpaired) electrons. The first-order valence-electron chi connectivity index (χ1n) is 7.95. The topological polar surface area (TPSA) is 135 Å². The second kappa shape index (κ2) is 8.27. The van der Waals surface area contributed by atoms with Gasteiger partial charge in [0.2, 0.25) is 11.6 Å². The Balaban J connectivity index is 1.83. The molecule has 3 N–H and O–H groups in total. The largest absolute Gasteiger partial charge is 0.355 e. The molecule has 0 aliphatic rings. The van der Waals surface area contributed by atoms with Gasteiger partial charge in [-0.3, -0.25) is 25.8 Å². The number of nitrogens with one attached hydrogen (secondary N) is 3. The van der Waals surface area contributed by atoms with E-state index in [2.05, 4.69) is 31.1 Å². The Hall–Kier alpha value is -3.79. The van der Waals surface area contributed by atoms with Gasteiger partial charge in [0.15, 0.2) is 0 Å². The number of carbonyl (C=O) groups excluding carboxylic acids is 1. The van der Waals surface area contributed by atoms with Gasteiger partial charge in [-0.1, -0.05) is 17.7 Å². The zero-order chi connectivity index (χ0) is 20.1. The third-order valence-electron chi connectivity index (χ3n) is 3.55. The van der Waals surface area contributed by atoms with Crippen molar-refractivity contribution in [2.24, 2.45) is 0 Å². The molecule has 0 fully saturated rings. The summed E-state index contributed by atoms with van der Waals surface area (Å²) in [5.74, 6) is -0.413. The predicted octanol–water partition coefficient (Wildman–Crippen LogP) is 3.24. The molecule has 0 aliphatic carbocycles. The lowest BCUT2D eigenvalue weighted by molar-refractivity contribution is -0.383. The maximum absolute atomic E-state index is 12.2. The Morgan fingerprint density at radius 2 is 1.93 bits per heavy atom. The van der Waals surface area contributed by atoms with Crippen molar-refractivity contribution in [2.75, 3.05) is 10.7 Å². The number of amides is 1. The van der Waals surface area contributed by atoms with Crippen LogP contribution in [0.4, 0.5) is 23.1 Å². The third-order valence-corrected chi connectivity index (χ3v) is 3.78. The molecular formula is C17H14ClN7O3. The van der Waals surface area contributed by atoms with Crippen LogP contribution in [0.1, 0.15) is 15.9 Å². The zero-order valence-electron chi connectivity index (χ0n) is 14.5. The molecule has 2 aromatic heterocycles. The average Bonchev–Trinajstić information content (AvgIpc) is 2.66. The predicted molar refractivity (Wildman–Crippen MR) is 103 cm³/mol. The number of aromatic nitrogens is 3. The number of halogens is 1. The summed E-state index contributed by atoms with van der Waals surface area (Å²) < 4.78 is 0. The van der Waals surface area contributed by atoms with Gasteiger partial charge >= 0.3 is 5.69 Å². The number of pyridine rings is 1. The van der Waals surface area contributed by atoms with Crippen LogP contribution in [0.3, 0.4) is 0 Å². The van der Waals surface area contributed by atoms with E-state index in [1.165, 1.54) is 6.07 Å². The van der Waals surface area contributed by atoms with Gasteiger partial charge in [0.25, 0.3) is 5.91 Å². The number of rotatable bonds is 6. The summed E-state index contributed by atoms with van der Waals surface area (Å²) in [5.41, 5.74) is 5.55. The molecule has 0 saturated carbocycles. The van der Waals surface area contributed by atoms with E-state index in [9.17, 15) is 14.9 Å². The number of hydrogen-bond donors (Lipinski definition) is 3. The van der Waals surface area contributed by atoms with Crippen molar-refractivity contribution >= 4 is 40.6 Å². The fourth-order valence-electron chi connectivity index (χ4n) is 2.28. The van der Waals surface area contributed by atoms with E-state index < -0.39 is 16.5 Å². The second-order valence-electron chi connectivity index (χ2n) is 5.61. The minimum absolute atomic E-state index is 0.0717. The number of aryl methyl sites for hydroxylation is 1. The van der Waals surface area contributed by atoms with Crippen molar-refractivity contribution in [1.29, 1.82) is 0 Å². The SMILES string of the molecule is Cc1ccnc(Nc2ncnc(NNC(=O)c3cccc(Cl)c3)c2[N+](=O)[O-])c1. The molecule has 0 saturated heterocycles. The van der Waals surface area contributed by atoms with E-state index in [1.54, 1.807) is 36.5 Å². The van der Waals surface area contributed by atoms with Gasteiger partial charge in [0.1, 0.15) is 12.1 Å². The van der Waals surface area contributed by atoms with Crippen LogP contribution in [0.2, 0.25) is 5.02 Å². The van der Waals surface area contributed by atoms with E-state index in [-0.39, 0.29) is 17.2 Å². The van der Waals surface area contributed by atoms with Crippen LogP contribution in [0.5, 0.6) is 0 Å². The molecular weight excluding hydrogens is 386 g/mol. The number of nitro groups is 1. The van der Waals surface area contributed by atoms with Crippen molar-refractivity contribution in [2.45, 2.75) is 6.92 Å². The highest BCUT2D eigenvalue weighted by molar-refractivity contribution is 6.30. The fraction of sp³-hybridized carbons (Fsp3) is 0.0588. The molecule has 11 heteroatoms. The van der Waals surface area contributed by atoms with E-state index >= 15 is 0 Å². The van der Waals surface area contributed by atoms with Crippen LogP contribution in [-0.4, -0.2) is 25.8 Å². The lowest BCUT2D eigenvalue weighted by atomic mass is 10.2. The summed E-state index contributed by atoms with van der Waals surface area (Å²) in [6, 6.07) is 9.74. The summed E-state index contributed by atoms with van der Waals surface area (Å²) in [6.45, 7) is 1.86. The number of benzene rings is 1. The van der Waals surface area contributed by atoms with Crippen molar-refractivity contribution < 1.29 is 9.72 Å². The first-order chi connectivity index (χ1) is 13.4. The standard InChI is InChI=1S/C17H14ClN7O3/c1-10-5-6-19-13(7-10)22-15-14(25(27)28)16(21-9-20-15)23-24-17(26)11-3-2-4-12(18)8-11/h2-9H,1H3,(H,24,26)(H2,19,20,21,22,23). The van der Waals surface area contributed by atoms with Crippen LogP contribution < -0.4 is 16.2 Å². The summed E-state index contributed by atoms with van der Waals surface area (Å²) in [6.07, 6.45) is 2.69. The monoisotopic (exact) mass is 399 g/mol. The number of hydrazine groups is 1. The van der Waals surface area contributed by atoms with Crippen molar-refractivity contribution in [3.63, 3.8) is 0 Å². The van der Waals surface area contributed by atoms with E-state index in [1.807, 2.05) is 6.92 Å². The number of hydrogen-bond acceptors (Lipinski definition) is 8. The van der Waals surface area contributed by atoms with E-state index in [0.717, 1.165) is 11.9 Å². The Kier molecular flexibility index (Phi) is 5.61. The van der Waals surface area contributed by atoms with Gasteiger partial charge < -0.3 is 5.32 Å². The molecule has 0 aliphatic heterocycles. The van der Waals surface area contributed by atoms with Crippen LogP contribution in [0.15, 0.2) is 48.9 Å². The quantitative estimate of drug-likeness (QED) is 0.424. The summed E-state index contributed by atoms with van der Waals surface area (Å²) >= 11 is 5.86. The first-order valence-corrected chi connectivity index (χ1v) is 8.33. The van der Waals surface area contributed by atoms with Crippen LogP contribution in [0, 0.1) is 17.0 Å². The molecule has 28 heavy (non-hydrogen) atoms. The third kappa shape index (κ3) is 4.48. The van der Waals surface area contributed by atoms with Gasteiger partial charge in [0.05, 0.1) is 4.92 Å². The smallest absolute Gasteiger partial charge is 0.319 e. The normalized spacial score (nSPS) is 10.2. The Bertz CT molecular complexity index is 1040.